The normalized spacial score (nSPS) is 12.3. The molecule has 2 aromatic rings. The zero-order valence-electron chi connectivity index (χ0n) is 15.9. The molecule has 0 amide bonds. The third-order valence-corrected chi connectivity index (χ3v) is 4.75. The highest BCUT2D eigenvalue weighted by Gasteiger charge is 2.12. The van der Waals surface area contributed by atoms with Crippen molar-refractivity contribution in [1.82, 2.24) is 15.2 Å². The van der Waals surface area contributed by atoms with Crippen molar-refractivity contribution in [1.29, 1.82) is 0 Å². The van der Waals surface area contributed by atoms with Crippen molar-refractivity contribution >= 4 is 41.3 Å². The van der Waals surface area contributed by atoms with E-state index in [1.807, 2.05) is 24.3 Å². The standard InChI is InChI=1S/C18H25FN4O2S.HI/c1-13(24-4)17-22-15(12-26-17)11-23(3)18(20-2)21-8-9-25-16-7-5-6-14(19)10-16;/h5-7,10,12-13H,8-9,11H2,1-4H3,(H,20,21);1H. The molecule has 1 unspecified atom stereocenters. The first kappa shape index (κ1) is 23.6. The van der Waals surface area contributed by atoms with E-state index in [4.69, 9.17) is 9.47 Å². The maximum Gasteiger partial charge on any atom is 0.193 e. The number of thiazole rings is 1. The smallest absolute Gasteiger partial charge is 0.193 e. The Labute approximate surface area is 180 Å². The van der Waals surface area contributed by atoms with Crippen LogP contribution in [0.15, 0.2) is 34.6 Å². The van der Waals surface area contributed by atoms with Gasteiger partial charge < -0.3 is 19.7 Å². The van der Waals surface area contributed by atoms with E-state index < -0.39 is 0 Å². The molecule has 0 saturated carbocycles. The topological polar surface area (TPSA) is 59.0 Å². The number of rotatable bonds is 8. The van der Waals surface area contributed by atoms with Crippen LogP contribution in [0.5, 0.6) is 5.75 Å². The Hall–Kier alpha value is -1.46. The zero-order valence-corrected chi connectivity index (χ0v) is 19.1. The molecule has 27 heavy (non-hydrogen) atoms. The lowest BCUT2D eigenvalue weighted by atomic mass is 10.3. The van der Waals surface area contributed by atoms with Crippen LogP contribution in [0.1, 0.15) is 23.7 Å². The molecule has 0 bridgehead atoms. The molecule has 0 spiro atoms. The summed E-state index contributed by atoms with van der Waals surface area (Å²) in [7, 11) is 5.35. The minimum absolute atomic E-state index is 0. The Bertz CT molecular complexity index is 729. The fraction of sp³-hybridized carbons (Fsp3) is 0.444. The van der Waals surface area contributed by atoms with Gasteiger partial charge in [0.25, 0.3) is 0 Å². The van der Waals surface area contributed by atoms with E-state index in [1.165, 1.54) is 12.1 Å². The Kier molecular flexibility index (Phi) is 10.6. The highest BCUT2D eigenvalue weighted by Crippen LogP contribution is 2.20. The summed E-state index contributed by atoms with van der Waals surface area (Å²) in [4.78, 5) is 10.8. The van der Waals surface area contributed by atoms with Crippen molar-refractivity contribution < 1.29 is 13.9 Å². The van der Waals surface area contributed by atoms with Crippen molar-refractivity contribution in [2.75, 3.05) is 34.4 Å². The molecular weight excluding hydrogens is 482 g/mol. The zero-order chi connectivity index (χ0) is 18.9. The highest BCUT2D eigenvalue weighted by molar-refractivity contribution is 14.0. The Morgan fingerprint density at radius 2 is 2.22 bits per heavy atom. The fourth-order valence-electron chi connectivity index (χ4n) is 2.27. The average molecular weight is 508 g/mol. The molecule has 9 heteroatoms. The summed E-state index contributed by atoms with van der Waals surface area (Å²) in [6, 6.07) is 6.10. The van der Waals surface area contributed by atoms with E-state index >= 15 is 0 Å². The van der Waals surface area contributed by atoms with Crippen molar-refractivity contribution in [2.24, 2.45) is 4.99 Å². The summed E-state index contributed by atoms with van der Waals surface area (Å²) >= 11 is 1.59. The molecule has 1 aromatic carbocycles. The van der Waals surface area contributed by atoms with Gasteiger partial charge in [0.1, 0.15) is 29.3 Å². The number of halogens is 2. The summed E-state index contributed by atoms with van der Waals surface area (Å²) in [6.45, 7) is 3.57. The number of aromatic nitrogens is 1. The van der Waals surface area contributed by atoms with E-state index in [0.717, 1.165) is 16.7 Å². The monoisotopic (exact) mass is 508 g/mol. The first-order chi connectivity index (χ1) is 12.5. The van der Waals surface area contributed by atoms with E-state index in [-0.39, 0.29) is 35.9 Å². The molecular formula is C18H26FIN4O2S. The highest BCUT2D eigenvalue weighted by atomic mass is 127. The van der Waals surface area contributed by atoms with Gasteiger partial charge in [-0.1, -0.05) is 6.07 Å². The minimum atomic E-state index is -0.309. The second-order valence-corrected chi connectivity index (χ2v) is 6.58. The van der Waals surface area contributed by atoms with E-state index in [0.29, 0.717) is 25.4 Å². The predicted molar refractivity (Wildman–Crippen MR) is 118 cm³/mol. The largest absolute Gasteiger partial charge is 0.492 e. The molecule has 0 aliphatic heterocycles. The predicted octanol–water partition coefficient (Wildman–Crippen LogP) is 3.69. The van der Waals surface area contributed by atoms with Crippen LogP contribution >= 0.6 is 35.3 Å². The van der Waals surface area contributed by atoms with Crippen LogP contribution in [0, 0.1) is 5.82 Å². The summed E-state index contributed by atoms with van der Waals surface area (Å²) in [5.74, 6) is 0.941. The molecule has 2 rings (SSSR count). The fourth-order valence-corrected chi connectivity index (χ4v) is 3.12. The maximum absolute atomic E-state index is 13.1. The van der Waals surface area contributed by atoms with Crippen LogP contribution in [0.25, 0.3) is 0 Å². The van der Waals surface area contributed by atoms with Crippen LogP contribution in [-0.4, -0.2) is 50.2 Å². The van der Waals surface area contributed by atoms with E-state index in [2.05, 4.69) is 15.3 Å². The van der Waals surface area contributed by atoms with Gasteiger partial charge in [0, 0.05) is 32.7 Å². The number of guanidine groups is 1. The molecule has 1 aromatic heterocycles. The lowest BCUT2D eigenvalue weighted by Crippen LogP contribution is -2.40. The van der Waals surface area contributed by atoms with Gasteiger partial charge in [0.05, 0.1) is 18.8 Å². The minimum Gasteiger partial charge on any atom is -0.492 e. The van der Waals surface area contributed by atoms with E-state index in [9.17, 15) is 4.39 Å². The van der Waals surface area contributed by atoms with Gasteiger partial charge in [-0.15, -0.1) is 35.3 Å². The first-order valence-electron chi connectivity index (χ1n) is 8.30. The molecule has 0 fully saturated rings. The Morgan fingerprint density at radius 1 is 1.44 bits per heavy atom. The molecule has 150 valence electrons. The van der Waals surface area contributed by atoms with Gasteiger partial charge in [-0.05, 0) is 19.1 Å². The van der Waals surface area contributed by atoms with Gasteiger partial charge in [-0.25, -0.2) is 9.37 Å². The van der Waals surface area contributed by atoms with Crippen LogP contribution in [0.4, 0.5) is 4.39 Å². The van der Waals surface area contributed by atoms with Gasteiger partial charge in [-0.3, -0.25) is 4.99 Å². The van der Waals surface area contributed by atoms with Crippen LogP contribution in [-0.2, 0) is 11.3 Å². The first-order valence-corrected chi connectivity index (χ1v) is 9.18. The third-order valence-electron chi connectivity index (χ3n) is 3.69. The van der Waals surface area contributed by atoms with Crippen LogP contribution in [0.3, 0.4) is 0 Å². The third kappa shape index (κ3) is 7.59. The lowest BCUT2D eigenvalue weighted by Gasteiger charge is -2.21. The quantitative estimate of drug-likeness (QED) is 0.255. The Balaban J connectivity index is 0.00000364. The molecule has 0 aliphatic rings. The molecule has 1 N–H and O–H groups in total. The number of ether oxygens (including phenoxy) is 2. The van der Waals surface area contributed by atoms with Crippen LogP contribution < -0.4 is 10.1 Å². The number of nitrogens with zero attached hydrogens (tertiary/aromatic N) is 3. The second-order valence-electron chi connectivity index (χ2n) is 5.69. The molecule has 1 atom stereocenters. The number of hydrogen-bond acceptors (Lipinski definition) is 5. The van der Waals surface area contributed by atoms with Crippen molar-refractivity contribution in [3.63, 3.8) is 0 Å². The SMILES string of the molecule is CN=C(NCCOc1cccc(F)c1)N(C)Cc1csc(C(C)OC)n1.I. The maximum atomic E-state index is 13.1. The van der Waals surface area contributed by atoms with Gasteiger partial charge >= 0.3 is 0 Å². The number of aliphatic imine (C=N–C) groups is 1. The molecule has 0 aliphatic carbocycles. The molecule has 0 radical (unpaired) electrons. The number of benzene rings is 1. The van der Waals surface area contributed by atoms with Gasteiger partial charge in [0.2, 0.25) is 0 Å². The van der Waals surface area contributed by atoms with Crippen molar-refractivity contribution in [3.05, 3.63) is 46.2 Å². The summed E-state index contributed by atoms with van der Waals surface area (Å²) in [5, 5.41) is 6.21. The second kappa shape index (κ2) is 12.1. The summed E-state index contributed by atoms with van der Waals surface area (Å²) in [5.41, 5.74) is 0.968. The number of hydrogen-bond donors (Lipinski definition) is 1. The van der Waals surface area contributed by atoms with Gasteiger partial charge in [-0.2, -0.15) is 0 Å². The molecule has 6 nitrogen and oxygen atoms in total. The van der Waals surface area contributed by atoms with Crippen molar-refractivity contribution in [2.45, 2.75) is 19.6 Å². The summed E-state index contributed by atoms with van der Waals surface area (Å²) in [6.07, 6.45) is -0.00327. The molecule has 0 saturated heterocycles. The molecule has 1 heterocycles. The number of nitrogens with one attached hydrogen (secondary N) is 1. The van der Waals surface area contributed by atoms with Gasteiger partial charge in [0.15, 0.2) is 5.96 Å². The average Bonchev–Trinajstić information content (AvgIpc) is 3.09. The Morgan fingerprint density at radius 3 is 2.89 bits per heavy atom. The van der Waals surface area contributed by atoms with Crippen LogP contribution in [0.2, 0.25) is 0 Å². The summed E-state index contributed by atoms with van der Waals surface area (Å²) < 4.78 is 23.9. The lowest BCUT2D eigenvalue weighted by molar-refractivity contribution is 0.119. The van der Waals surface area contributed by atoms with E-state index in [1.54, 1.807) is 37.6 Å². The van der Waals surface area contributed by atoms with Crippen molar-refractivity contribution in [3.8, 4) is 5.75 Å². The number of methoxy groups -OCH3 is 1.